The van der Waals surface area contributed by atoms with E-state index in [1.165, 1.54) is 12.5 Å². The summed E-state index contributed by atoms with van der Waals surface area (Å²) in [7, 11) is 1.84. The maximum atomic E-state index is 13.3. The maximum absolute atomic E-state index is 13.3. The zero-order chi connectivity index (χ0) is 20.8. The van der Waals surface area contributed by atoms with E-state index in [2.05, 4.69) is 22.5 Å². The van der Waals surface area contributed by atoms with E-state index in [0.29, 0.717) is 28.4 Å². The number of piperidine rings is 1. The second-order valence-electron chi connectivity index (χ2n) is 7.08. The minimum atomic E-state index is -2.55. The number of hydrogen-bond donors (Lipinski definition) is 0. The van der Waals surface area contributed by atoms with Crippen LogP contribution in [0.1, 0.15) is 46.6 Å². The molecule has 0 unspecified atom stereocenters. The van der Waals surface area contributed by atoms with E-state index in [-0.39, 0.29) is 4.88 Å². The van der Waals surface area contributed by atoms with Crippen molar-refractivity contribution in [2.75, 3.05) is 20.1 Å². The zero-order valence-corrected chi connectivity index (χ0v) is 17.3. The van der Waals surface area contributed by atoms with Gasteiger partial charge in [0.05, 0.1) is 33.4 Å². The number of likely N-dealkylation sites (tertiary alicyclic amines) is 1. The summed E-state index contributed by atoms with van der Waals surface area (Å²) >= 11 is 1.02. The fraction of sp³-hybridized carbons (Fsp3) is 0.364. The van der Waals surface area contributed by atoms with Gasteiger partial charge in [-0.2, -0.15) is 5.26 Å². The lowest BCUT2D eigenvalue weighted by atomic mass is 10.1. The fourth-order valence-electron chi connectivity index (χ4n) is 3.28. The van der Waals surface area contributed by atoms with Crippen LogP contribution in [0.3, 0.4) is 0 Å². The minimum absolute atomic E-state index is 0.0160. The molecule has 0 spiro atoms. The molecule has 1 fully saturated rings. The molecule has 0 atom stereocenters. The van der Waals surface area contributed by atoms with Crippen molar-refractivity contribution in [3.8, 4) is 6.07 Å². The van der Waals surface area contributed by atoms with Crippen molar-refractivity contribution in [3.05, 3.63) is 57.8 Å². The number of aliphatic imine (C=N–C) groups is 1. The quantitative estimate of drug-likeness (QED) is 0.424. The topological polar surface area (TPSA) is 42.6 Å². The Balaban J connectivity index is 1.82. The zero-order valence-electron chi connectivity index (χ0n) is 16.4. The Labute approximate surface area is 174 Å². The Hall–Kier alpha value is -2.72. The van der Waals surface area contributed by atoms with Gasteiger partial charge in [0.2, 0.25) is 0 Å². The highest BCUT2D eigenvalue weighted by molar-refractivity contribution is 7.13. The molecule has 3 rings (SSSR count). The Morgan fingerprint density at radius 3 is 2.76 bits per heavy atom. The molecule has 0 N–H and O–H groups in total. The van der Waals surface area contributed by atoms with Crippen molar-refractivity contribution in [2.24, 2.45) is 4.99 Å². The summed E-state index contributed by atoms with van der Waals surface area (Å²) in [5, 5.41) is 9.29. The third-order valence-corrected chi connectivity index (χ3v) is 6.15. The highest BCUT2D eigenvalue weighted by atomic mass is 32.1. The monoisotopic (exact) mass is 414 g/mol. The van der Waals surface area contributed by atoms with Gasteiger partial charge < -0.3 is 9.80 Å². The highest BCUT2D eigenvalue weighted by Crippen LogP contribution is 2.40. The van der Waals surface area contributed by atoms with E-state index in [0.717, 1.165) is 42.8 Å². The lowest BCUT2D eigenvalue weighted by Gasteiger charge is -2.24. The summed E-state index contributed by atoms with van der Waals surface area (Å²) in [6.45, 7) is 6.47. The van der Waals surface area contributed by atoms with Crippen LogP contribution < -0.4 is 0 Å². The second kappa shape index (κ2) is 9.66. The first-order chi connectivity index (χ1) is 14.0. The van der Waals surface area contributed by atoms with Gasteiger partial charge >= 0.3 is 0 Å². The van der Waals surface area contributed by atoms with Crippen molar-refractivity contribution >= 4 is 29.1 Å². The average molecular weight is 415 g/mol. The molecular formula is C22H24F2N4S. The maximum Gasteiger partial charge on any atom is 0.272 e. The molecular weight excluding hydrogens is 390 g/mol. The van der Waals surface area contributed by atoms with Gasteiger partial charge in [-0.15, -0.1) is 11.3 Å². The van der Waals surface area contributed by atoms with Crippen LogP contribution in [-0.2, 0) is 6.54 Å². The fourth-order valence-corrected chi connectivity index (χ4v) is 4.26. The average Bonchev–Trinajstić information content (AvgIpc) is 3.17. The molecule has 0 saturated carbocycles. The lowest BCUT2D eigenvalue weighted by Crippen LogP contribution is -2.28. The number of nitriles is 1. The molecule has 0 radical (unpaired) electrons. The number of alkyl halides is 2. The largest absolute Gasteiger partial charge is 0.369 e. The number of hydrogen-bond acceptors (Lipinski definition) is 4. The van der Waals surface area contributed by atoms with Gasteiger partial charge in [0.25, 0.3) is 6.43 Å². The van der Waals surface area contributed by atoms with Crippen LogP contribution in [0.15, 0.2) is 41.9 Å². The molecule has 1 aliphatic heterocycles. The predicted octanol–water partition coefficient (Wildman–Crippen LogP) is 5.81. The summed E-state index contributed by atoms with van der Waals surface area (Å²) in [6, 6.07) is 11.0. The van der Waals surface area contributed by atoms with Crippen molar-refractivity contribution in [3.63, 3.8) is 0 Å². The van der Waals surface area contributed by atoms with Crippen molar-refractivity contribution in [2.45, 2.75) is 32.2 Å². The van der Waals surface area contributed by atoms with Crippen LogP contribution in [-0.4, -0.2) is 36.3 Å². The van der Waals surface area contributed by atoms with Crippen LogP contribution in [0.25, 0.3) is 5.70 Å². The van der Waals surface area contributed by atoms with Gasteiger partial charge in [-0.05, 0) is 37.0 Å². The van der Waals surface area contributed by atoms with E-state index in [1.807, 2.05) is 30.1 Å². The molecule has 29 heavy (non-hydrogen) atoms. The smallest absolute Gasteiger partial charge is 0.272 e. The van der Waals surface area contributed by atoms with Crippen LogP contribution >= 0.6 is 11.3 Å². The summed E-state index contributed by atoms with van der Waals surface area (Å²) in [5.74, 6) is 0. The lowest BCUT2D eigenvalue weighted by molar-refractivity contribution is 0.155. The van der Waals surface area contributed by atoms with E-state index in [1.54, 1.807) is 12.4 Å². The van der Waals surface area contributed by atoms with Gasteiger partial charge in [-0.1, -0.05) is 24.8 Å². The summed E-state index contributed by atoms with van der Waals surface area (Å²) in [4.78, 5) is 9.13. The van der Waals surface area contributed by atoms with E-state index in [4.69, 9.17) is 0 Å². The van der Waals surface area contributed by atoms with Gasteiger partial charge in [0.15, 0.2) is 0 Å². The number of rotatable bonds is 7. The molecule has 0 amide bonds. The third-order valence-electron chi connectivity index (χ3n) is 4.97. The first kappa shape index (κ1) is 21.0. The Morgan fingerprint density at radius 2 is 2.07 bits per heavy atom. The summed E-state index contributed by atoms with van der Waals surface area (Å²) in [5.41, 5.74) is 2.58. The van der Waals surface area contributed by atoms with E-state index < -0.39 is 6.43 Å². The van der Waals surface area contributed by atoms with Gasteiger partial charge in [-0.3, -0.25) is 0 Å². The molecule has 1 aliphatic rings. The van der Waals surface area contributed by atoms with E-state index >= 15 is 0 Å². The predicted molar refractivity (Wildman–Crippen MR) is 115 cm³/mol. The molecule has 1 aromatic carbocycles. The number of thiophene rings is 1. The molecule has 4 nitrogen and oxygen atoms in total. The number of benzene rings is 1. The highest BCUT2D eigenvalue weighted by Gasteiger charge is 2.20. The standard InChI is InChI=1S/C22H24F2N4S/c1-16(27(2)14-18-9-5-4-8-17(18)13-25)21-19(12-20(29-21)22(23)24)26-15-28-10-6-3-7-11-28/h4-5,8-9,12,15,22H,1,3,6-7,10-11,14H2,2H3/b26-15+. The van der Waals surface area contributed by atoms with Crippen molar-refractivity contribution in [1.29, 1.82) is 5.26 Å². The molecule has 0 bridgehead atoms. The first-order valence-electron chi connectivity index (χ1n) is 9.58. The van der Waals surface area contributed by atoms with Crippen molar-refractivity contribution in [1.82, 2.24) is 9.80 Å². The van der Waals surface area contributed by atoms with Crippen LogP contribution in [0.2, 0.25) is 0 Å². The Kier molecular flexibility index (Phi) is 6.99. The number of halogens is 2. The normalized spacial score (nSPS) is 14.4. The van der Waals surface area contributed by atoms with Crippen molar-refractivity contribution < 1.29 is 8.78 Å². The molecule has 1 saturated heterocycles. The minimum Gasteiger partial charge on any atom is -0.369 e. The molecule has 1 aromatic heterocycles. The third kappa shape index (κ3) is 5.21. The Morgan fingerprint density at radius 1 is 1.34 bits per heavy atom. The molecule has 0 aliphatic carbocycles. The Bertz CT molecular complexity index is 923. The van der Waals surface area contributed by atoms with Crippen LogP contribution in [0.4, 0.5) is 14.5 Å². The van der Waals surface area contributed by atoms with Gasteiger partial charge in [0, 0.05) is 32.4 Å². The second-order valence-corrected chi connectivity index (χ2v) is 8.16. The SMILES string of the molecule is C=C(c1sc(C(F)F)cc1/N=C/N1CCCCC1)N(C)Cc1ccccc1C#N. The molecule has 7 heteroatoms. The molecule has 152 valence electrons. The molecule has 2 heterocycles. The summed E-state index contributed by atoms with van der Waals surface area (Å²) in [6.07, 6.45) is 2.68. The molecule has 2 aromatic rings. The van der Waals surface area contributed by atoms with Crippen LogP contribution in [0.5, 0.6) is 0 Å². The first-order valence-corrected chi connectivity index (χ1v) is 10.4. The van der Waals surface area contributed by atoms with Gasteiger partial charge in [0.1, 0.15) is 0 Å². The van der Waals surface area contributed by atoms with Gasteiger partial charge in [-0.25, -0.2) is 13.8 Å². The number of nitrogens with zero attached hydrogens (tertiary/aromatic N) is 4. The summed E-state index contributed by atoms with van der Waals surface area (Å²) < 4.78 is 26.7. The van der Waals surface area contributed by atoms with Crippen LogP contribution in [0, 0.1) is 11.3 Å². The van der Waals surface area contributed by atoms with E-state index in [9.17, 15) is 14.0 Å².